The number of carboxylic acids is 1. The largest absolute Gasteiger partial charge is 0.497 e. The number of likely N-dealkylation sites (tertiary alicyclic amines) is 1. The van der Waals surface area contributed by atoms with Crippen LogP contribution < -0.4 is 4.74 Å². The summed E-state index contributed by atoms with van der Waals surface area (Å²) >= 11 is 6.31. The zero-order chi connectivity index (χ0) is 27.4. The van der Waals surface area contributed by atoms with E-state index in [0.29, 0.717) is 29.7 Å². The molecule has 0 bridgehead atoms. The Balaban J connectivity index is 1.41. The van der Waals surface area contributed by atoms with E-state index in [1.807, 2.05) is 4.90 Å². The van der Waals surface area contributed by atoms with Gasteiger partial charge in [0.15, 0.2) is 17.5 Å². The number of ether oxygens (including phenoxy) is 1. The van der Waals surface area contributed by atoms with E-state index in [4.69, 9.17) is 16.3 Å². The summed E-state index contributed by atoms with van der Waals surface area (Å²) in [4.78, 5) is 18.4. The molecular weight excluding hydrogens is 524 g/mol. The van der Waals surface area contributed by atoms with Crippen molar-refractivity contribution in [3.8, 4) is 17.6 Å². The summed E-state index contributed by atoms with van der Waals surface area (Å²) in [6.07, 6.45) is 0.534. The van der Waals surface area contributed by atoms with Crippen molar-refractivity contribution in [3.05, 3.63) is 70.1 Å². The summed E-state index contributed by atoms with van der Waals surface area (Å²) in [7, 11) is 1.50. The first kappa shape index (κ1) is 27.7. The molecule has 1 aliphatic heterocycles. The molecule has 5 nitrogen and oxygen atoms in total. The van der Waals surface area contributed by atoms with Gasteiger partial charge in [0, 0.05) is 35.8 Å². The van der Waals surface area contributed by atoms with Gasteiger partial charge in [-0.3, -0.25) is 14.7 Å². The maximum atomic E-state index is 15.6. The molecule has 0 radical (unpaired) electrons. The molecule has 1 unspecified atom stereocenters. The number of aliphatic carboxylic acids is 1. The molecule has 0 saturated carbocycles. The Morgan fingerprint density at radius 3 is 2.53 bits per heavy atom. The van der Waals surface area contributed by atoms with Crippen LogP contribution in [0.5, 0.6) is 5.75 Å². The number of fused-ring (bicyclic) bond motifs is 1. The number of alkyl halides is 1. The van der Waals surface area contributed by atoms with E-state index in [9.17, 15) is 23.1 Å². The molecule has 2 aromatic carbocycles. The number of benzene rings is 2. The number of carbonyl (C=O) groups is 1. The first-order valence-electron chi connectivity index (χ1n) is 12.0. The molecule has 200 valence electrons. The lowest BCUT2D eigenvalue weighted by atomic mass is 9.74. The zero-order valence-electron chi connectivity index (χ0n) is 20.5. The number of aromatic nitrogens is 1. The SMILES string of the molecule is COc1ccc2ncc(Cl)c(C(F)CCC3(C(=O)O)CCN(CC#Cc4cc(F)c(F)c(F)c4)CC3)c2c1. The number of pyridine rings is 1. The van der Waals surface area contributed by atoms with E-state index in [2.05, 4.69) is 16.8 Å². The summed E-state index contributed by atoms with van der Waals surface area (Å²) in [6.45, 7) is 1.04. The van der Waals surface area contributed by atoms with Gasteiger partial charge >= 0.3 is 5.97 Å². The Morgan fingerprint density at radius 2 is 1.89 bits per heavy atom. The fourth-order valence-electron chi connectivity index (χ4n) is 4.75. The molecule has 1 aliphatic rings. The van der Waals surface area contributed by atoms with Crippen LogP contribution in [0.3, 0.4) is 0 Å². The predicted octanol–water partition coefficient (Wildman–Crippen LogP) is 6.32. The van der Waals surface area contributed by atoms with Crippen molar-refractivity contribution in [1.82, 2.24) is 9.88 Å². The zero-order valence-corrected chi connectivity index (χ0v) is 21.3. The molecule has 1 atom stereocenters. The fourth-order valence-corrected chi connectivity index (χ4v) is 5.02. The van der Waals surface area contributed by atoms with Crippen LogP contribution in [0.4, 0.5) is 17.6 Å². The average molecular weight is 549 g/mol. The lowest BCUT2D eigenvalue weighted by molar-refractivity contribution is -0.152. The number of hydrogen-bond donors (Lipinski definition) is 1. The quantitative estimate of drug-likeness (QED) is 0.213. The van der Waals surface area contributed by atoms with Crippen LogP contribution in [0.25, 0.3) is 10.9 Å². The lowest BCUT2D eigenvalue weighted by Gasteiger charge is -2.38. The summed E-state index contributed by atoms with van der Waals surface area (Å²) < 4.78 is 60.7. The van der Waals surface area contributed by atoms with Crippen LogP contribution in [0, 0.1) is 34.7 Å². The topological polar surface area (TPSA) is 62.7 Å². The molecule has 0 aliphatic carbocycles. The summed E-state index contributed by atoms with van der Waals surface area (Å²) in [5, 5.41) is 10.7. The van der Waals surface area contributed by atoms with Crippen molar-refractivity contribution in [2.24, 2.45) is 5.41 Å². The van der Waals surface area contributed by atoms with Gasteiger partial charge in [0.05, 0.1) is 29.6 Å². The normalized spacial score (nSPS) is 16.1. The highest BCUT2D eigenvalue weighted by Crippen LogP contribution is 2.42. The van der Waals surface area contributed by atoms with Crippen LogP contribution >= 0.6 is 11.6 Å². The smallest absolute Gasteiger partial charge is 0.309 e. The van der Waals surface area contributed by atoms with Crippen LogP contribution in [-0.4, -0.2) is 47.7 Å². The monoisotopic (exact) mass is 548 g/mol. The first-order chi connectivity index (χ1) is 18.1. The number of methoxy groups -OCH3 is 1. The Hall–Kier alpha value is -3.35. The van der Waals surface area contributed by atoms with Gasteiger partial charge in [-0.2, -0.15) is 0 Å². The average Bonchev–Trinajstić information content (AvgIpc) is 2.90. The number of halogens is 5. The van der Waals surface area contributed by atoms with Gasteiger partial charge in [-0.25, -0.2) is 17.6 Å². The van der Waals surface area contributed by atoms with Crippen molar-refractivity contribution >= 4 is 28.5 Å². The van der Waals surface area contributed by atoms with E-state index in [1.165, 1.54) is 13.3 Å². The Morgan fingerprint density at radius 1 is 1.21 bits per heavy atom. The third kappa shape index (κ3) is 5.87. The van der Waals surface area contributed by atoms with E-state index < -0.39 is 35.0 Å². The molecule has 2 heterocycles. The minimum absolute atomic E-state index is 0.00666. The van der Waals surface area contributed by atoms with Gasteiger partial charge in [0.25, 0.3) is 0 Å². The first-order valence-corrected chi connectivity index (χ1v) is 12.4. The summed E-state index contributed by atoms with van der Waals surface area (Å²) in [5.74, 6) is 0.752. The Bertz CT molecular complexity index is 1390. The van der Waals surface area contributed by atoms with Crippen LogP contribution in [0.1, 0.15) is 43.0 Å². The van der Waals surface area contributed by atoms with Crippen LogP contribution in [-0.2, 0) is 4.79 Å². The number of piperidine rings is 1. The van der Waals surface area contributed by atoms with Gasteiger partial charge in [0.2, 0.25) is 0 Å². The van der Waals surface area contributed by atoms with Gasteiger partial charge in [-0.1, -0.05) is 23.4 Å². The van der Waals surface area contributed by atoms with E-state index in [-0.39, 0.29) is 48.4 Å². The third-order valence-corrected chi connectivity index (χ3v) is 7.34. The van der Waals surface area contributed by atoms with Crippen LogP contribution in [0.2, 0.25) is 5.02 Å². The number of carboxylic acid groups (broad SMARTS) is 1. The molecule has 1 N–H and O–H groups in total. The molecule has 1 saturated heterocycles. The standard InChI is InChI=1S/C28H25ClF4N2O3/c1-38-18-4-5-24-19(15-18)25(20(29)16-34-24)21(30)6-7-28(27(36)37)8-11-35(12-9-28)10-2-3-17-13-22(31)26(33)23(32)14-17/h4-5,13-16,21H,6-12H2,1H3,(H,36,37). The summed E-state index contributed by atoms with van der Waals surface area (Å²) in [5.41, 5.74) is -0.282. The Kier molecular flexibility index (Phi) is 8.44. The van der Waals surface area contributed by atoms with Crippen molar-refractivity contribution < 1.29 is 32.2 Å². The highest BCUT2D eigenvalue weighted by atomic mass is 35.5. The van der Waals surface area contributed by atoms with Gasteiger partial charge < -0.3 is 9.84 Å². The second kappa shape index (κ2) is 11.6. The van der Waals surface area contributed by atoms with Crippen molar-refractivity contribution in [2.75, 3.05) is 26.7 Å². The van der Waals surface area contributed by atoms with E-state index in [1.54, 1.807) is 18.2 Å². The summed E-state index contributed by atoms with van der Waals surface area (Å²) in [6, 6.07) is 6.73. The van der Waals surface area contributed by atoms with E-state index in [0.717, 1.165) is 12.1 Å². The molecule has 1 aromatic heterocycles. The molecule has 0 amide bonds. The second-order valence-corrected chi connectivity index (χ2v) is 9.73. The maximum Gasteiger partial charge on any atom is 0.309 e. The van der Waals surface area contributed by atoms with Crippen molar-refractivity contribution in [1.29, 1.82) is 0 Å². The molecule has 10 heteroatoms. The third-order valence-electron chi connectivity index (χ3n) is 7.04. The number of rotatable bonds is 7. The lowest BCUT2D eigenvalue weighted by Crippen LogP contribution is -2.44. The maximum absolute atomic E-state index is 15.6. The number of hydrogen-bond acceptors (Lipinski definition) is 4. The Labute approximate surface area is 222 Å². The molecule has 3 aromatic rings. The van der Waals surface area contributed by atoms with Gasteiger partial charge in [0.1, 0.15) is 11.9 Å². The van der Waals surface area contributed by atoms with Crippen molar-refractivity contribution in [3.63, 3.8) is 0 Å². The molecule has 38 heavy (non-hydrogen) atoms. The molecular formula is C28H25ClF4N2O3. The van der Waals surface area contributed by atoms with Gasteiger partial charge in [-0.15, -0.1) is 0 Å². The minimum atomic E-state index is -1.55. The van der Waals surface area contributed by atoms with Gasteiger partial charge in [-0.05, 0) is 56.0 Å². The molecule has 4 rings (SSSR count). The predicted molar refractivity (Wildman–Crippen MR) is 135 cm³/mol. The molecule has 1 fully saturated rings. The highest BCUT2D eigenvalue weighted by Gasteiger charge is 2.41. The fraction of sp³-hybridized carbons (Fsp3) is 0.357. The van der Waals surface area contributed by atoms with E-state index >= 15 is 4.39 Å². The highest BCUT2D eigenvalue weighted by molar-refractivity contribution is 6.32. The second-order valence-electron chi connectivity index (χ2n) is 9.33. The minimum Gasteiger partial charge on any atom is -0.497 e. The van der Waals surface area contributed by atoms with Crippen LogP contribution in [0.15, 0.2) is 36.5 Å². The molecule has 0 spiro atoms. The number of nitrogens with zero attached hydrogens (tertiary/aromatic N) is 2. The van der Waals surface area contributed by atoms with Crippen molar-refractivity contribution in [2.45, 2.75) is 31.9 Å².